The molecule has 2 heterocycles. The molecule has 0 atom stereocenters. The summed E-state index contributed by atoms with van der Waals surface area (Å²) in [6, 6.07) is 16.9. The molecule has 0 spiro atoms. The van der Waals surface area contributed by atoms with Crippen molar-refractivity contribution in [2.75, 3.05) is 25.5 Å². The molecule has 0 amide bonds. The highest BCUT2D eigenvalue weighted by molar-refractivity contribution is 6.32. The number of aromatic nitrogens is 2. The van der Waals surface area contributed by atoms with E-state index < -0.39 is 0 Å². The third kappa shape index (κ3) is 5.78. The summed E-state index contributed by atoms with van der Waals surface area (Å²) in [6.45, 7) is 1.78. The molecule has 4 aromatic rings. The van der Waals surface area contributed by atoms with Gasteiger partial charge in [-0.2, -0.15) is 5.10 Å². The molecule has 0 unspecified atom stereocenters. The zero-order valence-electron chi connectivity index (χ0n) is 20.2. The van der Waals surface area contributed by atoms with Crippen LogP contribution in [0.5, 0.6) is 11.5 Å². The van der Waals surface area contributed by atoms with Crippen LogP contribution in [0.2, 0.25) is 5.02 Å². The second-order valence-electron chi connectivity index (χ2n) is 8.61. The van der Waals surface area contributed by atoms with E-state index in [2.05, 4.69) is 20.4 Å². The number of fused-ring (bicyclic) bond motifs is 1. The maximum absolute atomic E-state index is 13.5. The zero-order chi connectivity index (χ0) is 25.8. The van der Waals surface area contributed by atoms with Gasteiger partial charge in [0.15, 0.2) is 0 Å². The molecular weight excluding hydrogens is 493 g/mol. The molecule has 1 aromatic heterocycles. The van der Waals surface area contributed by atoms with Gasteiger partial charge in [-0.05, 0) is 60.9 Å². The van der Waals surface area contributed by atoms with Gasteiger partial charge in [-0.3, -0.25) is 5.41 Å². The standard InChI is InChI=1S/C27H25ClFN7O/c1-35(27(30)36-11-2-3-12-36)33-16-18-7-9-24-22(13-18)26(32-17-31-24)34-20-8-10-25(23(28)15-20)37-21-6-4-5-19(29)14-21/h4-10,13-17,30H,2-3,11-12H2,1H3,(H,31,32,34). The molecule has 1 aliphatic rings. The van der Waals surface area contributed by atoms with Crippen molar-refractivity contribution in [1.29, 1.82) is 5.41 Å². The topological polar surface area (TPSA) is 89.7 Å². The Hall–Kier alpha value is -4.24. The number of anilines is 2. The minimum Gasteiger partial charge on any atom is -0.456 e. The van der Waals surface area contributed by atoms with Crippen molar-refractivity contribution in [3.63, 3.8) is 0 Å². The number of ether oxygens (including phenoxy) is 1. The molecule has 1 fully saturated rings. The van der Waals surface area contributed by atoms with Crippen LogP contribution in [0.25, 0.3) is 10.9 Å². The summed E-state index contributed by atoms with van der Waals surface area (Å²) in [5.41, 5.74) is 2.32. The Morgan fingerprint density at radius 1 is 1.14 bits per heavy atom. The maximum Gasteiger partial charge on any atom is 0.214 e. The lowest BCUT2D eigenvalue weighted by atomic mass is 10.1. The number of nitrogens with zero attached hydrogens (tertiary/aromatic N) is 5. The number of likely N-dealkylation sites (tertiary alicyclic amines) is 1. The van der Waals surface area contributed by atoms with Gasteiger partial charge in [0.25, 0.3) is 0 Å². The van der Waals surface area contributed by atoms with E-state index in [1.54, 1.807) is 48.6 Å². The van der Waals surface area contributed by atoms with Crippen LogP contribution in [0.4, 0.5) is 15.9 Å². The van der Waals surface area contributed by atoms with Crippen LogP contribution in [0, 0.1) is 11.2 Å². The summed E-state index contributed by atoms with van der Waals surface area (Å²) in [7, 11) is 1.78. The van der Waals surface area contributed by atoms with Crippen LogP contribution in [0.15, 0.2) is 72.1 Å². The molecule has 3 aromatic carbocycles. The van der Waals surface area contributed by atoms with Gasteiger partial charge in [0.2, 0.25) is 5.96 Å². The molecule has 0 aliphatic carbocycles. The lowest BCUT2D eigenvalue weighted by molar-refractivity contribution is 0.401. The number of hydrogen-bond donors (Lipinski definition) is 2. The van der Waals surface area contributed by atoms with E-state index in [9.17, 15) is 4.39 Å². The van der Waals surface area contributed by atoms with Gasteiger partial charge in [-0.1, -0.05) is 23.7 Å². The van der Waals surface area contributed by atoms with Gasteiger partial charge in [-0.15, -0.1) is 0 Å². The van der Waals surface area contributed by atoms with Gasteiger partial charge in [-0.25, -0.2) is 19.4 Å². The summed E-state index contributed by atoms with van der Waals surface area (Å²) < 4.78 is 19.2. The third-order valence-electron chi connectivity index (χ3n) is 5.97. The summed E-state index contributed by atoms with van der Waals surface area (Å²) in [4.78, 5) is 10.8. The number of nitrogens with one attached hydrogen (secondary N) is 2. The molecule has 0 bridgehead atoms. The van der Waals surface area contributed by atoms with Gasteiger partial charge in [0, 0.05) is 37.3 Å². The quantitative estimate of drug-likeness (QED) is 0.178. The van der Waals surface area contributed by atoms with Crippen molar-refractivity contribution < 1.29 is 9.13 Å². The van der Waals surface area contributed by atoms with E-state index in [0.29, 0.717) is 34.0 Å². The minimum atomic E-state index is -0.386. The van der Waals surface area contributed by atoms with Gasteiger partial charge >= 0.3 is 0 Å². The predicted octanol–water partition coefficient (Wildman–Crippen LogP) is 6.25. The summed E-state index contributed by atoms with van der Waals surface area (Å²) in [5, 5.41) is 18.8. The number of hydrogen-bond acceptors (Lipinski definition) is 6. The highest BCUT2D eigenvalue weighted by Gasteiger charge is 2.17. The Balaban J connectivity index is 1.34. The number of halogens is 2. The lowest BCUT2D eigenvalue weighted by Crippen LogP contribution is -2.37. The number of benzene rings is 3. The minimum absolute atomic E-state index is 0.361. The second-order valence-corrected chi connectivity index (χ2v) is 9.02. The van der Waals surface area contributed by atoms with Gasteiger partial charge in [0.1, 0.15) is 29.5 Å². The molecule has 0 saturated carbocycles. The molecule has 1 aliphatic heterocycles. The largest absolute Gasteiger partial charge is 0.456 e. The Kier molecular flexibility index (Phi) is 7.14. The monoisotopic (exact) mass is 517 g/mol. The first kappa shape index (κ1) is 24.5. The average molecular weight is 518 g/mol. The van der Waals surface area contributed by atoms with Crippen LogP contribution in [-0.2, 0) is 0 Å². The molecule has 1 saturated heterocycles. The maximum atomic E-state index is 13.5. The summed E-state index contributed by atoms with van der Waals surface area (Å²) in [6.07, 6.45) is 5.42. The van der Waals surface area contributed by atoms with Crippen LogP contribution in [0.3, 0.4) is 0 Å². The Bertz CT molecular complexity index is 1470. The molecule has 5 rings (SSSR count). The Labute approximate surface area is 218 Å². The van der Waals surface area contributed by atoms with Crippen LogP contribution in [-0.4, -0.2) is 52.2 Å². The van der Waals surface area contributed by atoms with E-state index in [-0.39, 0.29) is 5.82 Å². The Morgan fingerprint density at radius 2 is 1.97 bits per heavy atom. The fourth-order valence-electron chi connectivity index (χ4n) is 4.05. The van der Waals surface area contributed by atoms with E-state index in [1.807, 2.05) is 23.1 Å². The summed E-state index contributed by atoms with van der Waals surface area (Å²) >= 11 is 6.44. The zero-order valence-corrected chi connectivity index (χ0v) is 20.9. The van der Waals surface area contributed by atoms with Crippen molar-refractivity contribution in [3.05, 3.63) is 83.4 Å². The van der Waals surface area contributed by atoms with Gasteiger partial charge < -0.3 is 15.0 Å². The van der Waals surface area contributed by atoms with Crippen molar-refractivity contribution >= 4 is 46.2 Å². The number of guanidine groups is 1. The van der Waals surface area contributed by atoms with E-state index in [4.69, 9.17) is 21.7 Å². The molecule has 8 nitrogen and oxygen atoms in total. The highest BCUT2D eigenvalue weighted by Crippen LogP contribution is 2.33. The average Bonchev–Trinajstić information content (AvgIpc) is 3.44. The first-order valence-corrected chi connectivity index (χ1v) is 12.2. The molecule has 10 heteroatoms. The number of hydrazone groups is 1. The smallest absolute Gasteiger partial charge is 0.214 e. The van der Waals surface area contributed by atoms with Crippen LogP contribution < -0.4 is 10.1 Å². The number of rotatable bonds is 6. The molecule has 188 valence electrons. The van der Waals surface area contributed by atoms with Crippen molar-refractivity contribution in [2.24, 2.45) is 5.10 Å². The van der Waals surface area contributed by atoms with Crippen LogP contribution >= 0.6 is 11.6 Å². The molecule has 2 N–H and O–H groups in total. The molecule has 0 radical (unpaired) electrons. The molecular formula is C27H25ClFN7O. The third-order valence-corrected chi connectivity index (χ3v) is 6.27. The highest BCUT2D eigenvalue weighted by atomic mass is 35.5. The van der Waals surface area contributed by atoms with E-state index >= 15 is 0 Å². The normalized spacial score (nSPS) is 13.3. The first-order valence-electron chi connectivity index (χ1n) is 11.8. The predicted molar refractivity (Wildman–Crippen MR) is 145 cm³/mol. The van der Waals surface area contributed by atoms with Crippen molar-refractivity contribution in [2.45, 2.75) is 12.8 Å². The molecule has 37 heavy (non-hydrogen) atoms. The fourth-order valence-corrected chi connectivity index (χ4v) is 4.27. The van der Waals surface area contributed by atoms with E-state index in [1.165, 1.54) is 18.5 Å². The SMILES string of the molecule is CN(N=Cc1ccc2ncnc(Nc3ccc(Oc4cccc(F)c4)c(Cl)c3)c2c1)C(=N)N1CCCC1. The Morgan fingerprint density at radius 3 is 2.76 bits per heavy atom. The van der Waals surface area contributed by atoms with Crippen molar-refractivity contribution in [3.8, 4) is 11.5 Å². The first-order chi connectivity index (χ1) is 18.0. The summed E-state index contributed by atoms with van der Waals surface area (Å²) in [5.74, 6) is 1.38. The van der Waals surface area contributed by atoms with Crippen LogP contribution in [0.1, 0.15) is 18.4 Å². The van der Waals surface area contributed by atoms with Gasteiger partial charge in [0.05, 0.1) is 16.8 Å². The second kappa shape index (κ2) is 10.8. The lowest BCUT2D eigenvalue weighted by Gasteiger charge is -2.23. The fraction of sp³-hybridized carbons (Fsp3) is 0.185. The van der Waals surface area contributed by atoms with E-state index in [0.717, 1.165) is 42.4 Å². The van der Waals surface area contributed by atoms with Crippen molar-refractivity contribution in [1.82, 2.24) is 19.9 Å².